The van der Waals surface area contributed by atoms with Crippen LogP contribution in [0.3, 0.4) is 0 Å². The van der Waals surface area contributed by atoms with Crippen LogP contribution in [0.1, 0.15) is 53.9 Å². The zero-order valence-electron chi connectivity index (χ0n) is 12.4. The summed E-state index contributed by atoms with van der Waals surface area (Å²) in [5, 5.41) is 2.73. The Kier molecular flexibility index (Phi) is 9.07. The first-order valence-electron chi connectivity index (χ1n) is 6.69. The van der Waals surface area contributed by atoms with Crippen molar-refractivity contribution in [3.8, 4) is 0 Å². The van der Waals surface area contributed by atoms with Crippen molar-refractivity contribution in [1.82, 2.24) is 5.32 Å². The minimum Gasteiger partial charge on any atom is -0.447 e. The number of alkyl carbamates (subject to hydrolysis) is 1. The van der Waals surface area contributed by atoms with Crippen LogP contribution in [0.4, 0.5) is 4.79 Å². The summed E-state index contributed by atoms with van der Waals surface area (Å²) in [7, 11) is 0. The van der Waals surface area contributed by atoms with E-state index in [9.17, 15) is 4.79 Å². The van der Waals surface area contributed by atoms with Gasteiger partial charge in [-0.25, -0.2) is 4.79 Å². The zero-order chi connectivity index (χ0) is 14.0. The van der Waals surface area contributed by atoms with E-state index in [0.717, 1.165) is 19.3 Å². The normalized spacial score (nSPS) is 12.8. The van der Waals surface area contributed by atoms with E-state index in [1.165, 1.54) is 11.1 Å². The predicted molar refractivity (Wildman–Crippen MR) is 76.7 cm³/mol. The molecule has 0 aromatic carbocycles. The molecule has 0 saturated carbocycles. The summed E-state index contributed by atoms with van der Waals surface area (Å²) >= 11 is 0. The average molecular weight is 253 g/mol. The zero-order valence-corrected chi connectivity index (χ0v) is 12.4. The number of amides is 1. The third-order valence-corrected chi connectivity index (χ3v) is 2.67. The van der Waals surface area contributed by atoms with Crippen LogP contribution in [-0.4, -0.2) is 18.7 Å². The second kappa shape index (κ2) is 9.75. The van der Waals surface area contributed by atoms with Crippen molar-refractivity contribution in [2.45, 2.75) is 60.0 Å². The van der Waals surface area contributed by atoms with Crippen molar-refractivity contribution in [2.24, 2.45) is 0 Å². The van der Waals surface area contributed by atoms with Crippen molar-refractivity contribution in [1.29, 1.82) is 0 Å². The van der Waals surface area contributed by atoms with Crippen molar-refractivity contribution in [3.05, 3.63) is 23.3 Å². The summed E-state index contributed by atoms with van der Waals surface area (Å²) in [6, 6.07) is 0. The molecule has 0 aromatic heterocycles. The molecule has 3 nitrogen and oxygen atoms in total. The predicted octanol–water partition coefficient (Wildman–Crippen LogP) is 4.20. The summed E-state index contributed by atoms with van der Waals surface area (Å²) in [4.78, 5) is 11.3. The van der Waals surface area contributed by atoms with Crippen LogP contribution in [0.5, 0.6) is 0 Å². The van der Waals surface area contributed by atoms with Gasteiger partial charge >= 0.3 is 6.09 Å². The number of nitrogens with one attached hydrogen (secondary N) is 1. The summed E-state index contributed by atoms with van der Waals surface area (Å²) in [6.07, 6.45) is 6.84. The van der Waals surface area contributed by atoms with Crippen molar-refractivity contribution in [2.75, 3.05) is 6.54 Å². The quantitative estimate of drug-likeness (QED) is 0.690. The second-order valence-corrected chi connectivity index (χ2v) is 4.88. The van der Waals surface area contributed by atoms with E-state index in [4.69, 9.17) is 4.74 Å². The average Bonchev–Trinajstić information content (AvgIpc) is 2.28. The molecule has 3 heteroatoms. The van der Waals surface area contributed by atoms with Gasteiger partial charge in [0.25, 0.3) is 0 Å². The highest BCUT2D eigenvalue weighted by atomic mass is 16.6. The van der Waals surface area contributed by atoms with Gasteiger partial charge in [0, 0.05) is 6.54 Å². The molecule has 0 saturated heterocycles. The monoisotopic (exact) mass is 253 g/mol. The lowest BCUT2D eigenvalue weighted by atomic mass is 10.1. The number of hydrogen-bond donors (Lipinski definition) is 1. The van der Waals surface area contributed by atoms with Crippen LogP contribution in [-0.2, 0) is 4.74 Å². The van der Waals surface area contributed by atoms with Gasteiger partial charge in [-0.2, -0.15) is 0 Å². The number of rotatable bonds is 7. The number of allylic oxidation sites excluding steroid dienone is 3. The molecular weight excluding hydrogens is 226 g/mol. The Labute approximate surface area is 111 Å². The molecule has 18 heavy (non-hydrogen) atoms. The van der Waals surface area contributed by atoms with Gasteiger partial charge in [-0.3, -0.25) is 0 Å². The highest BCUT2D eigenvalue weighted by Gasteiger charge is 2.05. The van der Waals surface area contributed by atoms with Gasteiger partial charge in [0.15, 0.2) is 0 Å². The van der Waals surface area contributed by atoms with E-state index in [0.29, 0.717) is 6.54 Å². The summed E-state index contributed by atoms with van der Waals surface area (Å²) < 4.78 is 5.11. The van der Waals surface area contributed by atoms with E-state index in [1.54, 1.807) is 0 Å². The molecule has 1 unspecified atom stereocenters. The highest BCUT2D eigenvalue weighted by Crippen LogP contribution is 2.05. The maximum absolute atomic E-state index is 11.3. The van der Waals surface area contributed by atoms with Crippen LogP contribution in [0.25, 0.3) is 0 Å². The Balaban J connectivity index is 3.80. The van der Waals surface area contributed by atoms with Crippen LogP contribution in [0, 0.1) is 0 Å². The molecule has 0 aliphatic heterocycles. The number of carbonyl (C=O) groups excluding carboxylic acids is 1. The van der Waals surface area contributed by atoms with Crippen LogP contribution >= 0.6 is 0 Å². The molecule has 0 fully saturated rings. The maximum Gasteiger partial charge on any atom is 0.407 e. The fourth-order valence-electron chi connectivity index (χ4n) is 1.31. The van der Waals surface area contributed by atoms with E-state index in [2.05, 4.69) is 32.2 Å². The Morgan fingerprint density at radius 1 is 1.28 bits per heavy atom. The highest BCUT2D eigenvalue weighted by molar-refractivity contribution is 5.67. The maximum atomic E-state index is 11.3. The first kappa shape index (κ1) is 16.8. The molecule has 1 N–H and O–H groups in total. The van der Waals surface area contributed by atoms with Gasteiger partial charge in [0.05, 0.1) is 0 Å². The molecular formula is C15H27NO2. The van der Waals surface area contributed by atoms with Gasteiger partial charge < -0.3 is 10.1 Å². The molecule has 104 valence electrons. The van der Waals surface area contributed by atoms with Gasteiger partial charge in [-0.05, 0) is 47.0 Å². The van der Waals surface area contributed by atoms with E-state index in [-0.39, 0.29) is 12.2 Å². The van der Waals surface area contributed by atoms with Crippen molar-refractivity contribution in [3.63, 3.8) is 0 Å². The lowest BCUT2D eigenvalue weighted by Crippen LogP contribution is -2.27. The van der Waals surface area contributed by atoms with E-state index in [1.807, 2.05) is 19.9 Å². The molecule has 0 spiro atoms. The summed E-state index contributed by atoms with van der Waals surface area (Å²) in [5.41, 5.74) is 2.63. The molecule has 0 radical (unpaired) electrons. The molecule has 0 bridgehead atoms. The molecule has 0 rings (SSSR count). The van der Waals surface area contributed by atoms with Gasteiger partial charge in [0.2, 0.25) is 0 Å². The molecule has 0 aliphatic rings. The first-order chi connectivity index (χ1) is 8.45. The lowest BCUT2D eigenvalue weighted by molar-refractivity contribution is 0.106. The standard InChI is InChI=1S/C15H27NO2/c1-6-14(5)18-15(17)16-11-10-13(4)9-7-8-12(2)3/h8,10,14H,6-7,9,11H2,1-5H3,(H,16,17). The Hall–Kier alpha value is -1.25. The van der Waals surface area contributed by atoms with Crippen LogP contribution in [0.2, 0.25) is 0 Å². The minimum absolute atomic E-state index is 0.0206. The topological polar surface area (TPSA) is 38.3 Å². The lowest BCUT2D eigenvalue weighted by Gasteiger charge is -2.10. The Morgan fingerprint density at radius 2 is 1.94 bits per heavy atom. The third-order valence-electron chi connectivity index (χ3n) is 2.67. The summed E-state index contributed by atoms with van der Waals surface area (Å²) in [6.45, 7) is 10.7. The third kappa shape index (κ3) is 9.94. The number of carbonyl (C=O) groups is 1. The molecule has 0 aliphatic carbocycles. The van der Waals surface area contributed by atoms with E-state index >= 15 is 0 Å². The van der Waals surface area contributed by atoms with Gasteiger partial charge in [-0.15, -0.1) is 0 Å². The SMILES string of the molecule is CCC(C)OC(=O)NCC=C(C)CCC=C(C)C. The fraction of sp³-hybridized carbons (Fsp3) is 0.667. The Morgan fingerprint density at radius 3 is 2.50 bits per heavy atom. The van der Waals surface area contributed by atoms with Crippen LogP contribution < -0.4 is 5.32 Å². The second-order valence-electron chi connectivity index (χ2n) is 4.88. The molecule has 1 amide bonds. The largest absolute Gasteiger partial charge is 0.447 e. The van der Waals surface area contributed by atoms with Crippen molar-refractivity contribution < 1.29 is 9.53 Å². The van der Waals surface area contributed by atoms with E-state index < -0.39 is 0 Å². The molecule has 0 aromatic rings. The number of hydrogen-bond acceptors (Lipinski definition) is 2. The molecule has 1 atom stereocenters. The van der Waals surface area contributed by atoms with Crippen LogP contribution in [0.15, 0.2) is 23.3 Å². The van der Waals surface area contributed by atoms with Crippen molar-refractivity contribution >= 4 is 6.09 Å². The Bertz CT molecular complexity index is 302. The first-order valence-corrected chi connectivity index (χ1v) is 6.69. The smallest absolute Gasteiger partial charge is 0.407 e. The number of ether oxygens (including phenoxy) is 1. The molecule has 0 heterocycles. The van der Waals surface area contributed by atoms with Gasteiger partial charge in [0.1, 0.15) is 6.10 Å². The fourth-order valence-corrected chi connectivity index (χ4v) is 1.31. The van der Waals surface area contributed by atoms with Gasteiger partial charge in [-0.1, -0.05) is 30.2 Å². The minimum atomic E-state index is -0.335. The summed E-state index contributed by atoms with van der Waals surface area (Å²) in [5.74, 6) is 0.